The summed E-state index contributed by atoms with van der Waals surface area (Å²) in [6, 6.07) is 16.2. The molecule has 0 saturated heterocycles. The molecule has 0 aromatic heterocycles. The van der Waals surface area contributed by atoms with E-state index in [0.29, 0.717) is 0 Å². The smallest absolute Gasteiger partial charge is 0.122 e. The number of para-hydroxylation sites is 2. The van der Waals surface area contributed by atoms with E-state index in [1.165, 1.54) is 10.5 Å². The van der Waals surface area contributed by atoms with Gasteiger partial charge in [0.2, 0.25) is 0 Å². The molecule has 2 N–H and O–H groups in total. The Bertz CT molecular complexity index is 493. The minimum Gasteiger partial charge on any atom is -0.493 e. The Labute approximate surface area is 125 Å². The zero-order chi connectivity index (χ0) is 14.2. The first kappa shape index (κ1) is 14.8. The Morgan fingerprint density at radius 1 is 1.00 bits per heavy atom. The fourth-order valence-electron chi connectivity index (χ4n) is 1.90. The van der Waals surface area contributed by atoms with Gasteiger partial charge in [0.25, 0.3) is 0 Å². The summed E-state index contributed by atoms with van der Waals surface area (Å²) in [6.45, 7) is 2.85. The van der Waals surface area contributed by atoms with Gasteiger partial charge in [0, 0.05) is 10.6 Å². The number of hydrogen-bond donors (Lipinski definition) is 1. The number of unbranched alkanes of at least 4 members (excludes halogenated alkanes) is 1. The van der Waals surface area contributed by atoms with E-state index in [1.54, 1.807) is 0 Å². The van der Waals surface area contributed by atoms with E-state index < -0.39 is 0 Å². The van der Waals surface area contributed by atoms with Crippen LogP contribution in [-0.2, 0) is 0 Å². The van der Waals surface area contributed by atoms with E-state index in [2.05, 4.69) is 19.1 Å². The van der Waals surface area contributed by atoms with Crippen LogP contribution in [0.25, 0.3) is 0 Å². The molecular weight excluding hydrogens is 266 g/mol. The monoisotopic (exact) mass is 287 g/mol. The Hall–Kier alpha value is -1.61. The average Bonchev–Trinajstić information content (AvgIpc) is 2.46. The molecule has 0 heterocycles. The zero-order valence-electron chi connectivity index (χ0n) is 11.8. The van der Waals surface area contributed by atoms with Crippen molar-refractivity contribution in [2.45, 2.75) is 24.7 Å². The summed E-state index contributed by atoms with van der Waals surface area (Å²) < 4.78 is 5.78. The van der Waals surface area contributed by atoms with Crippen molar-refractivity contribution in [2.75, 3.05) is 18.1 Å². The van der Waals surface area contributed by atoms with Crippen LogP contribution in [-0.4, -0.2) is 12.4 Å². The molecule has 2 aromatic rings. The summed E-state index contributed by atoms with van der Waals surface area (Å²) in [6.07, 6.45) is 2.19. The van der Waals surface area contributed by atoms with Gasteiger partial charge in [-0.3, -0.25) is 0 Å². The highest BCUT2D eigenvalue weighted by Gasteiger charge is 2.00. The third-order valence-corrected chi connectivity index (χ3v) is 4.24. The number of nitrogen functional groups attached to an aromatic ring is 1. The third-order valence-electron chi connectivity index (χ3n) is 3.07. The van der Waals surface area contributed by atoms with Crippen molar-refractivity contribution >= 4 is 17.4 Å². The normalized spacial score (nSPS) is 10.4. The van der Waals surface area contributed by atoms with E-state index in [4.69, 9.17) is 10.5 Å². The molecule has 0 aliphatic rings. The van der Waals surface area contributed by atoms with Gasteiger partial charge in [-0.25, -0.2) is 0 Å². The molecule has 2 aromatic carbocycles. The quantitative estimate of drug-likeness (QED) is 0.461. The van der Waals surface area contributed by atoms with Gasteiger partial charge in [0.15, 0.2) is 0 Å². The summed E-state index contributed by atoms with van der Waals surface area (Å²) in [5.41, 5.74) is 7.97. The molecule has 0 aliphatic heterocycles. The number of ether oxygens (including phenoxy) is 1. The zero-order valence-corrected chi connectivity index (χ0v) is 12.7. The first-order valence-corrected chi connectivity index (χ1v) is 7.91. The van der Waals surface area contributed by atoms with Crippen LogP contribution < -0.4 is 10.5 Å². The molecule has 0 bridgehead atoms. The molecule has 0 aliphatic carbocycles. The molecule has 0 saturated carbocycles. The van der Waals surface area contributed by atoms with Gasteiger partial charge in [-0.2, -0.15) is 0 Å². The van der Waals surface area contributed by atoms with Gasteiger partial charge in [-0.1, -0.05) is 30.3 Å². The molecule has 2 rings (SSSR count). The van der Waals surface area contributed by atoms with Crippen LogP contribution >= 0.6 is 11.8 Å². The molecule has 0 radical (unpaired) electrons. The van der Waals surface area contributed by atoms with E-state index in [-0.39, 0.29) is 0 Å². The maximum atomic E-state index is 5.91. The summed E-state index contributed by atoms with van der Waals surface area (Å²) in [7, 11) is 0. The fourth-order valence-corrected chi connectivity index (χ4v) is 2.88. The molecule has 106 valence electrons. The van der Waals surface area contributed by atoms with Crippen molar-refractivity contribution in [3.8, 4) is 5.75 Å². The van der Waals surface area contributed by atoms with E-state index in [0.717, 1.165) is 36.6 Å². The van der Waals surface area contributed by atoms with Gasteiger partial charge >= 0.3 is 0 Å². The van der Waals surface area contributed by atoms with Gasteiger partial charge < -0.3 is 10.5 Å². The highest BCUT2D eigenvalue weighted by molar-refractivity contribution is 7.99. The van der Waals surface area contributed by atoms with E-state index in [1.807, 2.05) is 48.2 Å². The SMILES string of the molecule is Cc1ccccc1OCCCCSc1ccccc1N. The van der Waals surface area contributed by atoms with Crippen LogP contribution in [0.3, 0.4) is 0 Å². The Balaban J connectivity index is 1.63. The predicted octanol–water partition coefficient (Wildman–Crippen LogP) is 4.53. The van der Waals surface area contributed by atoms with Crippen LogP contribution in [0.1, 0.15) is 18.4 Å². The Morgan fingerprint density at radius 3 is 2.55 bits per heavy atom. The molecule has 0 fully saturated rings. The van der Waals surface area contributed by atoms with Crippen LogP contribution in [0, 0.1) is 6.92 Å². The van der Waals surface area contributed by atoms with E-state index in [9.17, 15) is 0 Å². The lowest BCUT2D eigenvalue weighted by Crippen LogP contribution is -1.99. The molecule has 0 amide bonds. The predicted molar refractivity (Wildman–Crippen MR) is 87.5 cm³/mol. The van der Waals surface area contributed by atoms with Crippen molar-refractivity contribution in [3.05, 3.63) is 54.1 Å². The standard InChI is InChI=1S/C17H21NOS/c1-14-8-2-4-10-16(14)19-12-6-7-13-20-17-11-5-3-9-15(17)18/h2-5,8-11H,6-7,12-13,18H2,1H3. The second-order valence-corrected chi connectivity index (χ2v) is 5.84. The number of rotatable bonds is 7. The minimum atomic E-state index is 0.773. The van der Waals surface area contributed by atoms with E-state index >= 15 is 0 Å². The maximum absolute atomic E-state index is 5.91. The molecule has 0 atom stereocenters. The highest BCUT2D eigenvalue weighted by Crippen LogP contribution is 2.25. The maximum Gasteiger partial charge on any atom is 0.122 e. The Kier molecular flexibility index (Phi) is 5.81. The lowest BCUT2D eigenvalue weighted by molar-refractivity contribution is 0.308. The molecule has 0 unspecified atom stereocenters. The first-order chi connectivity index (χ1) is 9.77. The van der Waals surface area contributed by atoms with Gasteiger partial charge in [0.05, 0.1) is 6.61 Å². The van der Waals surface area contributed by atoms with Crippen LogP contribution in [0.5, 0.6) is 5.75 Å². The molecule has 20 heavy (non-hydrogen) atoms. The minimum absolute atomic E-state index is 0.773. The number of anilines is 1. The van der Waals surface area contributed by atoms with Crippen molar-refractivity contribution < 1.29 is 4.74 Å². The lowest BCUT2D eigenvalue weighted by atomic mass is 10.2. The fraction of sp³-hybridized carbons (Fsp3) is 0.294. The van der Waals surface area contributed by atoms with Crippen molar-refractivity contribution in [1.82, 2.24) is 0 Å². The van der Waals surface area contributed by atoms with Gasteiger partial charge in [-0.05, 0) is 49.3 Å². The molecule has 2 nitrogen and oxygen atoms in total. The van der Waals surface area contributed by atoms with Gasteiger partial charge in [-0.15, -0.1) is 11.8 Å². The summed E-state index contributed by atoms with van der Waals surface area (Å²) in [5, 5.41) is 0. The molecule has 3 heteroatoms. The largest absolute Gasteiger partial charge is 0.493 e. The van der Waals surface area contributed by atoms with Crippen molar-refractivity contribution in [2.24, 2.45) is 0 Å². The number of benzene rings is 2. The summed E-state index contributed by atoms with van der Waals surface area (Å²) >= 11 is 1.82. The number of aryl methyl sites for hydroxylation is 1. The molecule has 0 spiro atoms. The van der Waals surface area contributed by atoms with Crippen LogP contribution in [0.15, 0.2) is 53.4 Å². The topological polar surface area (TPSA) is 35.2 Å². The van der Waals surface area contributed by atoms with Crippen molar-refractivity contribution in [3.63, 3.8) is 0 Å². The summed E-state index contributed by atoms with van der Waals surface area (Å²) in [4.78, 5) is 1.17. The summed E-state index contributed by atoms with van der Waals surface area (Å²) in [5.74, 6) is 2.07. The first-order valence-electron chi connectivity index (χ1n) is 6.93. The van der Waals surface area contributed by atoms with Crippen LogP contribution in [0.2, 0.25) is 0 Å². The van der Waals surface area contributed by atoms with Gasteiger partial charge in [0.1, 0.15) is 5.75 Å². The second kappa shape index (κ2) is 7.85. The van der Waals surface area contributed by atoms with Crippen molar-refractivity contribution in [1.29, 1.82) is 0 Å². The number of hydrogen-bond acceptors (Lipinski definition) is 3. The third kappa shape index (κ3) is 4.49. The average molecular weight is 287 g/mol. The number of nitrogens with two attached hydrogens (primary N) is 1. The second-order valence-electron chi connectivity index (χ2n) is 4.71. The molecular formula is C17H21NOS. The Morgan fingerprint density at radius 2 is 1.75 bits per heavy atom. The van der Waals surface area contributed by atoms with Crippen LogP contribution in [0.4, 0.5) is 5.69 Å². The lowest BCUT2D eigenvalue weighted by Gasteiger charge is -2.09. The highest BCUT2D eigenvalue weighted by atomic mass is 32.2. The number of thioether (sulfide) groups is 1.